The zero-order chi connectivity index (χ0) is 12.6. The molecule has 2 nitrogen and oxygen atoms in total. The van der Waals surface area contributed by atoms with Crippen LogP contribution in [-0.2, 0) is 0 Å². The molecule has 0 saturated heterocycles. The molecule has 98 valence electrons. The molecule has 0 aromatic carbocycles. The van der Waals surface area contributed by atoms with E-state index in [1.54, 1.807) is 0 Å². The number of rotatable bonds is 9. The second-order valence-electron chi connectivity index (χ2n) is 5.83. The van der Waals surface area contributed by atoms with E-state index in [4.69, 9.17) is 5.73 Å². The molecule has 0 radical (unpaired) electrons. The third kappa shape index (κ3) is 8.12. The van der Waals surface area contributed by atoms with Gasteiger partial charge in [-0.05, 0) is 57.7 Å². The molecule has 0 aliphatic carbocycles. The summed E-state index contributed by atoms with van der Waals surface area (Å²) in [4.78, 5) is 2.62. The van der Waals surface area contributed by atoms with Gasteiger partial charge in [0.15, 0.2) is 0 Å². The van der Waals surface area contributed by atoms with Gasteiger partial charge in [-0.15, -0.1) is 0 Å². The maximum absolute atomic E-state index is 5.65. The zero-order valence-corrected chi connectivity index (χ0v) is 12.0. The molecular weight excluding hydrogens is 196 g/mol. The van der Waals surface area contributed by atoms with E-state index in [1.165, 1.54) is 25.9 Å². The van der Waals surface area contributed by atoms with Gasteiger partial charge in [-0.1, -0.05) is 27.7 Å². The van der Waals surface area contributed by atoms with Crippen LogP contribution in [0.4, 0.5) is 0 Å². The maximum atomic E-state index is 5.65. The summed E-state index contributed by atoms with van der Waals surface area (Å²) in [7, 11) is 0. The summed E-state index contributed by atoms with van der Waals surface area (Å²) in [5.41, 5.74) is 5.65. The number of nitrogens with zero attached hydrogens (tertiary/aromatic N) is 1. The third-order valence-electron chi connectivity index (χ3n) is 3.20. The normalized spacial score (nSPS) is 14.1. The quantitative estimate of drug-likeness (QED) is 0.657. The highest BCUT2D eigenvalue weighted by molar-refractivity contribution is 4.69. The average molecular weight is 228 g/mol. The summed E-state index contributed by atoms with van der Waals surface area (Å²) in [6.45, 7) is 14.8. The minimum absolute atomic E-state index is 0.641. The summed E-state index contributed by atoms with van der Waals surface area (Å²) in [5.74, 6) is 1.60. The molecule has 0 aromatic rings. The van der Waals surface area contributed by atoms with Crippen molar-refractivity contribution >= 4 is 0 Å². The molecule has 0 aromatic heterocycles. The van der Waals surface area contributed by atoms with Crippen molar-refractivity contribution in [3.8, 4) is 0 Å². The molecule has 1 atom stereocenters. The molecule has 2 heteroatoms. The van der Waals surface area contributed by atoms with E-state index in [0.717, 1.165) is 24.8 Å². The molecule has 0 bridgehead atoms. The van der Waals surface area contributed by atoms with Crippen molar-refractivity contribution < 1.29 is 0 Å². The Bertz CT molecular complexity index is 143. The van der Waals surface area contributed by atoms with Gasteiger partial charge in [0.05, 0.1) is 0 Å². The Hall–Kier alpha value is -0.0800. The van der Waals surface area contributed by atoms with Crippen LogP contribution >= 0.6 is 0 Å². The van der Waals surface area contributed by atoms with Crippen molar-refractivity contribution in [2.45, 2.75) is 59.9 Å². The second kappa shape index (κ2) is 9.00. The van der Waals surface area contributed by atoms with E-state index in [9.17, 15) is 0 Å². The van der Waals surface area contributed by atoms with Crippen molar-refractivity contribution in [2.24, 2.45) is 17.6 Å². The highest BCUT2D eigenvalue weighted by Gasteiger charge is 2.13. The summed E-state index contributed by atoms with van der Waals surface area (Å²) >= 11 is 0. The topological polar surface area (TPSA) is 29.3 Å². The smallest absolute Gasteiger partial charge is 0.00789 e. The lowest BCUT2D eigenvalue weighted by Gasteiger charge is -2.30. The van der Waals surface area contributed by atoms with Crippen LogP contribution in [0.2, 0.25) is 0 Å². The molecule has 1 unspecified atom stereocenters. The maximum Gasteiger partial charge on any atom is 0.00789 e. The monoisotopic (exact) mass is 228 g/mol. The van der Waals surface area contributed by atoms with E-state index in [-0.39, 0.29) is 0 Å². The minimum Gasteiger partial charge on any atom is -0.330 e. The summed E-state index contributed by atoms with van der Waals surface area (Å²) in [6, 6.07) is 0.641. The largest absolute Gasteiger partial charge is 0.330 e. The van der Waals surface area contributed by atoms with Crippen molar-refractivity contribution in [1.29, 1.82) is 0 Å². The molecule has 0 amide bonds. The van der Waals surface area contributed by atoms with Gasteiger partial charge in [0.2, 0.25) is 0 Å². The summed E-state index contributed by atoms with van der Waals surface area (Å²) < 4.78 is 0. The van der Waals surface area contributed by atoms with Crippen molar-refractivity contribution in [3.05, 3.63) is 0 Å². The standard InChI is InChI=1S/C14H32N2/c1-12(2)7-10-16(11-8-13(3)4)14(5)6-9-15/h12-14H,6-11,15H2,1-5H3. The highest BCUT2D eigenvalue weighted by Crippen LogP contribution is 2.11. The molecule has 0 rings (SSSR count). The van der Waals surface area contributed by atoms with Crippen molar-refractivity contribution in [3.63, 3.8) is 0 Å². The van der Waals surface area contributed by atoms with Crippen molar-refractivity contribution in [2.75, 3.05) is 19.6 Å². The second-order valence-corrected chi connectivity index (χ2v) is 5.83. The first-order chi connectivity index (χ1) is 7.47. The van der Waals surface area contributed by atoms with Gasteiger partial charge in [-0.25, -0.2) is 0 Å². The fourth-order valence-corrected chi connectivity index (χ4v) is 1.82. The molecule has 2 N–H and O–H groups in total. The first kappa shape index (κ1) is 15.9. The van der Waals surface area contributed by atoms with Crippen LogP contribution in [0, 0.1) is 11.8 Å². The van der Waals surface area contributed by atoms with Crippen LogP contribution in [0.15, 0.2) is 0 Å². The summed E-state index contributed by atoms with van der Waals surface area (Å²) in [6.07, 6.45) is 3.72. The van der Waals surface area contributed by atoms with E-state index in [0.29, 0.717) is 6.04 Å². The van der Waals surface area contributed by atoms with E-state index in [2.05, 4.69) is 39.5 Å². The van der Waals surface area contributed by atoms with Crippen LogP contribution in [0.25, 0.3) is 0 Å². The zero-order valence-electron chi connectivity index (χ0n) is 12.0. The molecule has 0 aliphatic heterocycles. The Morgan fingerprint density at radius 3 is 1.56 bits per heavy atom. The van der Waals surface area contributed by atoms with Gasteiger partial charge in [-0.3, -0.25) is 0 Å². The van der Waals surface area contributed by atoms with Gasteiger partial charge < -0.3 is 10.6 Å². The number of hydrogen-bond acceptors (Lipinski definition) is 2. The lowest BCUT2D eigenvalue weighted by molar-refractivity contribution is 0.181. The van der Waals surface area contributed by atoms with Crippen LogP contribution in [0.1, 0.15) is 53.9 Å². The predicted octanol–water partition coefficient (Wildman–Crippen LogP) is 3.12. The fourth-order valence-electron chi connectivity index (χ4n) is 1.82. The Morgan fingerprint density at radius 2 is 1.25 bits per heavy atom. The van der Waals surface area contributed by atoms with Crippen LogP contribution in [-0.4, -0.2) is 30.6 Å². The number of nitrogens with two attached hydrogens (primary N) is 1. The van der Waals surface area contributed by atoms with Gasteiger partial charge in [0, 0.05) is 6.04 Å². The van der Waals surface area contributed by atoms with Gasteiger partial charge in [0.1, 0.15) is 0 Å². The first-order valence-electron chi connectivity index (χ1n) is 6.91. The SMILES string of the molecule is CC(C)CCN(CCC(C)C)C(C)CCN. The minimum atomic E-state index is 0.641. The molecular formula is C14H32N2. The molecule has 0 aliphatic rings. The van der Waals surface area contributed by atoms with Gasteiger partial charge in [0.25, 0.3) is 0 Å². The molecule has 0 fully saturated rings. The molecule has 0 heterocycles. The van der Waals surface area contributed by atoms with E-state index >= 15 is 0 Å². The van der Waals surface area contributed by atoms with Crippen LogP contribution < -0.4 is 5.73 Å². The molecule has 16 heavy (non-hydrogen) atoms. The molecule has 0 spiro atoms. The third-order valence-corrected chi connectivity index (χ3v) is 3.20. The average Bonchev–Trinajstić information content (AvgIpc) is 2.17. The lowest BCUT2D eigenvalue weighted by Crippen LogP contribution is -2.37. The van der Waals surface area contributed by atoms with E-state index in [1.807, 2.05) is 0 Å². The highest BCUT2D eigenvalue weighted by atomic mass is 15.1. The Kier molecular flexibility index (Phi) is 8.96. The van der Waals surface area contributed by atoms with Crippen molar-refractivity contribution in [1.82, 2.24) is 4.90 Å². The summed E-state index contributed by atoms with van der Waals surface area (Å²) in [5, 5.41) is 0. The Labute approximate surface area is 103 Å². The van der Waals surface area contributed by atoms with Gasteiger partial charge >= 0.3 is 0 Å². The number of hydrogen-bond donors (Lipinski definition) is 1. The van der Waals surface area contributed by atoms with E-state index < -0.39 is 0 Å². The van der Waals surface area contributed by atoms with Crippen LogP contribution in [0.5, 0.6) is 0 Å². The Morgan fingerprint density at radius 1 is 0.812 bits per heavy atom. The molecule has 0 saturated carbocycles. The Balaban J connectivity index is 4.04. The van der Waals surface area contributed by atoms with Gasteiger partial charge in [-0.2, -0.15) is 0 Å². The first-order valence-corrected chi connectivity index (χ1v) is 6.91. The lowest BCUT2D eigenvalue weighted by atomic mass is 10.1. The fraction of sp³-hybridized carbons (Fsp3) is 1.00. The predicted molar refractivity (Wildman–Crippen MR) is 73.6 cm³/mol. The van der Waals surface area contributed by atoms with Crippen LogP contribution in [0.3, 0.4) is 0 Å².